The second-order valence-electron chi connectivity index (χ2n) is 7.42. The third-order valence-electron chi connectivity index (χ3n) is 5.56. The highest BCUT2D eigenvalue weighted by Crippen LogP contribution is 2.18. The average molecular weight is 348 g/mol. The van der Waals surface area contributed by atoms with Gasteiger partial charge in [-0.3, -0.25) is 9.69 Å². The van der Waals surface area contributed by atoms with Crippen molar-refractivity contribution < 1.29 is 9.21 Å². The number of aromatic nitrogens is 1. The minimum atomic E-state index is 0.336. The molecule has 2 fully saturated rings. The third-order valence-corrected chi connectivity index (χ3v) is 5.56. The largest absolute Gasteiger partial charge is 0.444 e. The van der Waals surface area contributed by atoms with Crippen LogP contribution in [0.5, 0.6) is 0 Å². The quantitative estimate of drug-likeness (QED) is 0.756. The van der Waals surface area contributed by atoms with Gasteiger partial charge in [-0.1, -0.05) is 6.92 Å². The Kier molecular flexibility index (Phi) is 6.48. The smallest absolute Gasteiger partial charge is 0.223 e. The molecule has 0 aromatic carbocycles. The molecule has 3 rings (SSSR count). The number of rotatable bonds is 7. The van der Waals surface area contributed by atoms with Gasteiger partial charge in [-0.25, -0.2) is 4.98 Å². The fourth-order valence-corrected chi connectivity index (χ4v) is 3.86. The van der Waals surface area contributed by atoms with E-state index in [2.05, 4.69) is 33.7 Å². The van der Waals surface area contributed by atoms with Crippen LogP contribution in [0.1, 0.15) is 50.7 Å². The Morgan fingerprint density at radius 2 is 2.12 bits per heavy atom. The van der Waals surface area contributed by atoms with Gasteiger partial charge < -0.3 is 14.2 Å². The first kappa shape index (κ1) is 18.4. The predicted octanol–water partition coefficient (Wildman–Crippen LogP) is 2.15. The van der Waals surface area contributed by atoms with E-state index in [1.807, 2.05) is 6.20 Å². The van der Waals surface area contributed by atoms with Crippen LogP contribution in [0, 0.1) is 0 Å². The fourth-order valence-electron chi connectivity index (χ4n) is 3.86. The molecule has 0 unspecified atom stereocenters. The predicted molar refractivity (Wildman–Crippen MR) is 97.2 cm³/mol. The van der Waals surface area contributed by atoms with Crippen LogP contribution in [0.3, 0.4) is 0 Å². The standard InChI is InChI=1S/C19H32N4O2/c1-3-17-13-20-18(25-17)15-21(2)16-7-11-22(14-16)12-8-19(24)23-9-5-4-6-10-23/h13,16H,3-12,14-15H2,1-2H3/t16-/m0/s1. The molecular weight excluding hydrogens is 316 g/mol. The molecule has 0 N–H and O–H groups in total. The van der Waals surface area contributed by atoms with Crippen molar-refractivity contribution in [2.24, 2.45) is 0 Å². The Morgan fingerprint density at radius 3 is 2.84 bits per heavy atom. The summed E-state index contributed by atoms with van der Waals surface area (Å²) in [5.74, 6) is 2.09. The molecule has 1 aromatic rings. The fraction of sp³-hybridized carbons (Fsp3) is 0.789. The van der Waals surface area contributed by atoms with Crippen LogP contribution >= 0.6 is 0 Å². The second-order valence-corrected chi connectivity index (χ2v) is 7.42. The molecule has 1 amide bonds. The van der Waals surface area contributed by atoms with Crippen molar-refractivity contribution in [2.75, 3.05) is 39.8 Å². The summed E-state index contributed by atoms with van der Waals surface area (Å²) in [6.07, 6.45) is 8.14. The number of carbonyl (C=O) groups is 1. The van der Waals surface area contributed by atoms with Crippen LogP contribution in [0.4, 0.5) is 0 Å². The maximum atomic E-state index is 12.3. The molecule has 6 heteroatoms. The van der Waals surface area contributed by atoms with Crippen molar-refractivity contribution in [1.29, 1.82) is 0 Å². The van der Waals surface area contributed by atoms with Crippen molar-refractivity contribution >= 4 is 5.91 Å². The van der Waals surface area contributed by atoms with Gasteiger partial charge in [0.1, 0.15) is 5.76 Å². The first-order valence-corrected chi connectivity index (χ1v) is 9.79. The van der Waals surface area contributed by atoms with Crippen LogP contribution in [0.15, 0.2) is 10.6 Å². The summed E-state index contributed by atoms with van der Waals surface area (Å²) in [6, 6.07) is 0.516. The zero-order valence-corrected chi connectivity index (χ0v) is 15.7. The Bertz CT molecular complexity index is 553. The van der Waals surface area contributed by atoms with Crippen LogP contribution in [0.2, 0.25) is 0 Å². The molecule has 0 aliphatic carbocycles. The van der Waals surface area contributed by atoms with Gasteiger partial charge in [0.05, 0.1) is 12.7 Å². The normalized spacial score (nSPS) is 22.0. The summed E-state index contributed by atoms with van der Waals surface area (Å²) in [4.78, 5) is 23.5. The molecule has 0 bridgehead atoms. The lowest BCUT2D eigenvalue weighted by Crippen LogP contribution is -2.38. The summed E-state index contributed by atoms with van der Waals surface area (Å²) in [6.45, 7) is 7.75. The number of oxazole rings is 1. The van der Waals surface area contributed by atoms with E-state index in [-0.39, 0.29) is 0 Å². The summed E-state index contributed by atoms with van der Waals surface area (Å²) in [5, 5.41) is 0. The molecule has 25 heavy (non-hydrogen) atoms. The number of hydrogen-bond donors (Lipinski definition) is 0. The minimum Gasteiger partial charge on any atom is -0.444 e. The SMILES string of the molecule is CCc1cnc(CN(C)[C@H]2CCN(CCC(=O)N3CCCCC3)C2)o1. The number of likely N-dealkylation sites (tertiary alicyclic amines) is 2. The number of piperidine rings is 1. The van der Waals surface area contributed by atoms with Gasteiger partial charge in [-0.05, 0) is 39.3 Å². The van der Waals surface area contributed by atoms with E-state index in [0.29, 0.717) is 18.4 Å². The number of amides is 1. The molecule has 1 atom stereocenters. The molecule has 3 heterocycles. The van der Waals surface area contributed by atoms with Crippen LogP contribution in [-0.4, -0.2) is 71.4 Å². The van der Waals surface area contributed by atoms with E-state index in [9.17, 15) is 4.79 Å². The maximum absolute atomic E-state index is 12.3. The Morgan fingerprint density at radius 1 is 1.32 bits per heavy atom. The first-order chi connectivity index (χ1) is 12.2. The van der Waals surface area contributed by atoms with Gasteiger partial charge in [0.15, 0.2) is 0 Å². The first-order valence-electron chi connectivity index (χ1n) is 9.79. The van der Waals surface area contributed by atoms with E-state index in [4.69, 9.17) is 4.42 Å². The number of carbonyl (C=O) groups excluding carboxylic acids is 1. The summed E-state index contributed by atoms with van der Waals surface area (Å²) in [7, 11) is 2.14. The Hall–Kier alpha value is -1.40. The van der Waals surface area contributed by atoms with Gasteiger partial charge in [-0.2, -0.15) is 0 Å². The van der Waals surface area contributed by atoms with Gasteiger partial charge in [0.2, 0.25) is 11.8 Å². The Balaban J connectivity index is 1.39. The summed E-state index contributed by atoms with van der Waals surface area (Å²) < 4.78 is 5.72. The van der Waals surface area contributed by atoms with Crippen LogP contribution in [0.25, 0.3) is 0 Å². The molecule has 2 aliphatic heterocycles. The number of hydrogen-bond acceptors (Lipinski definition) is 5. The minimum absolute atomic E-state index is 0.336. The highest BCUT2D eigenvalue weighted by atomic mass is 16.4. The molecule has 2 saturated heterocycles. The number of aryl methyl sites for hydroxylation is 1. The number of nitrogens with zero attached hydrogens (tertiary/aromatic N) is 4. The lowest BCUT2D eigenvalue weighted by molar-refractivity contribution is -0.132. The molecule has 0 spiro atoms. The molecule has 6 nitrogen and oxygen atoms in total. The molecular formula is C19H32N4O2. The summed E-state index contributed by atoms with van der Waals surface area (Å²) in [5.41, 5.74) is 0. The van der Waals surface area contributed by atoms with Crippen molar-refractivity contribution in [1.82, 2.24) is 19.7 Å². The Labute approximate surface area is 151 Å². The third kappa shape index (κ3) is 5.05. The topological polar surface area (TPSA) is 52.8 Å². The van der Waals surface area contributed by atoms with E-state index in [1.54, 1.807) is 0 Å². The zero-order chi connectivity index (χ0) is 17.6. The van der Waals surface area contributed by atoms with E-state index in [1.165, 1.54) is 19.3 Å². The maximum Gasteiger partial charge on any atom is 0.223 e. The zero-order valence-electron chi connectivity index (χ0n) is 15.7. The average Bonchev–Trinajstić information content (AvgIpc) is 3.29. The van der Waals surface area contributed by atoms with Crippen molar-refractivity contribution in [3.63, 3.8) is 0 Å². The molecule has 1 aromatic heterocycles. The lowest BCUT2D eigenvalue weighted by Gasteiger charge is -2.28. The molecule has 0 saturated carbocycles. The number of likely N-dealkylation sites (N-methyl/N-ethyl adjacent to an activating group) is 1. The van der Waals surface area contributed by atoms with Gasteiger partial charge in [0, 0.05) is 45.1 Å². The molecule has 140 valence electrons. The molecule has 2 aliphatic rings. The molecule has 0 radical (unpaired) electrons. The van der Waals surface area contributed by atoms with E-state index >= 15 is 0 Å². The van der Waals surface area contributed by atoms with E-state index in [0.717, 1.165) is 63.8 Å². The highest BCUT2D eigenvalue weighted by molar-refractivity contribution is 5.76. The monoisotopic (exact) mass is 348 g/mol. The van der Waals surface area contributed by atoms with Gasteiger partial charge >= 0.3 is 0 Å². The highest BCUT2D eigenvalue weighted by Gasteiger charge is 2.27. The van der Waals surface area contributed by atoms with E-state index < -0.39 is 0 Å². The van der Waals surface area contributed by atoms with Crippen LogP contribution < -0.4 is 0 Å². The van der Waals surface area contributed by atoms with Crippen LogP contribution in [-0.2, 0) is 17.8 Å². The lowest BCUT2D eigenvalue weighted by atomic mass is 10.1. The van der Waals surface area contributed by atoms with Crippen molar-refractivity contribution in [3.05, 3.63) is 17.8 Å². The van der Waals surface area contributed by atoms with Gasteiger partial charge in [-0.15, -0.1) is 0 Å². The van der Waals surface area contributed by atoms with Crippen molar-refractivity contribution in [2.45, 2.75) is 58.0 Å². The summed E-state index contributed by atoms with van der Waals surface area (Å²) >= 11 is 0. The second kappa shape index (κ2) is 8.81. The van der Waals surface area contributed by atoms with Gasteiger partial charge in [0.25, 0.3) is 0 Å². The van der Waals surface area contributed by atoms with Crippen molar-refractivity contribution in [3.8, 4) is 0 Å².